The van der Waals surface area contributed by atoms with E-state index in [-0.39, 0.29) is 12.7 Å². The zero-order chi connectivity index (χ0) is 28.3. The third-order valence-corrected chi connectivity index (χ3v) is 8.88. The van der Waals surface area contributed by atoms with Crippen LogP contribution < -0.4 is 5.32 Å². The number of piperidine rings is 1. The first-order valence-corrected chi connectivity index (χ1v) is 16.0. The van der Waals surface area contributed by atoms with Crippen molar-refractivity contribution in [3.63, 3.8) is 0 Å². The highest BCUT2D eigenvalue weighted by Crippen LogP contribution is 2.23. The van der Waals surface area contributed by atoms with Crippen molar-refractivity contribution < 1.29 is 9.53 Å². The maximum Gasteiger partial charge on any atom is 0.307 e. The number of rotatable bonds is 15. The molecule has 3 heterocycles. The van der Waals surface area contributed by atoms with E-state index in [1.165, 1.54) is 69.4 Å². The minimum absolute atomic E-state index is 0.130. The molecular weight excluding hydrogens is 500 g/mol. The summed E-state index contributed by atoms with van der Waals surface area (Å²) in [5.74, 6) is -0.130. The molecule has 1 atom stereocenters. The lowest BCUT2D eigenvalue weighted by Gasteiger charge is -2.43. The molecule has 2 aliphatic heterocycles. The summed E-state index contributed by atoms with van der Waals surface area (Å²) in [6.07, 6.45) is 11.7. The fraction of sp³-hybridized carbons (Fsp3) is 0.750. The van der Waals surface area contributed by atoms with Crippen molar-refractivity contribution in [2.24, 2.45) is 0 Å². The molecule has 0 saturated carbocycles. The van der Waals surface area contributed by atoms with Crippen molar-refractivity contribution in [1.82, 2.24) is 29.8 Å². The third kappa shape index (κ3) is 9.00. The number of benzene rings is 1. The summed E-state index contributed by atoms with van der Waals surface area (Å²) in [6, 6.07) is 5.75. The quantitative estimate of drug-likeness (QED) is 0.258. The van der Waals surface area contributed by atoms with Gasteiger partial charge in [0.2, 0.25) is 0 Å². The molecule has 0 aliphatic carbocycles. The summed E-state index contributed by atoms with van der Waals surface area (Å²) < 4.78 is 7.39. The van der Waals surface area contributed by atoms with Gasteiger partial charge in [0.25, 0.3) is 0 Å². The van der Waals surface area contributed by atoms with Crippen LogP contribution in [0.3, 0.4) is 0 Å². The van der Waals surface area contributed by atoms with Crippen LogP contribution >= 0.6 is 0 Å². The first-order valence-electron chi connectivity index (χ1n) is 16.0. The van der Waals surface area contributed by atoms with Crippen LogP contribution in [0.15, 0.2) is 18.3 Å². The zero-order valence-electron chi connectivity index (χ0n) is 25.7. The standard InChI is InChI=1S/C32H54N6O2/c1-5-7-8-9-10-11-31(39)40-25-38-32-26(3)20-27(21-28(32)23-34-38)22-29(33-6-2)24-36-16-18-37(19-17-36)30-12-14-35(4)15-13-30/h20-21,23,29-30,33H,5-19,22,24-25H2,1-4H3/t29-/m1/s1. The van der Waals surface area contributed by atoms with Crippen LogP contribution in [-0.4, -0.2) is 102 Å². The Balaban J connectivity index is 1.27. The number of aromatic nitrogens is 2. The fourth-order valence-corrected chi connectivity index (χ4v) is 6.58. The predicted octanol–water partition coefficient (Wildman–Crippen LogP) is 4.44. The summed E-state index contributed by atoms with van der Waals surface area (Å²) in [4.78, 5) is 20.1. The van der Waals surface area contributed by atoms with E-state index in [2.05, 4.69) is 65.1 Å². The number of hydrogen-bond donors (Lipinski definition) is 1. The van der Waals surface area contributed by atoms with Gasteiger partial charge in [-0.3, -0.25) is 14.6 Å². The average Bonchev–Trinajstić information content (AvgIpc) is 3.36. The van der Waals surface area contributed by atoms with E-state index < -0.39 is 0 Å². The number of carbonyl (C=O) groups excluding carboxylic acids is 1. The molecule has 0 spiro atoms. The van der Waals surface area contributed by atoms with Gasteiger partial charge in [-0.05, 0) is 76.5 Å². The molecular formula is C32H54N6O2. The summed E-state index contributed by atoms with van der Waals surface area (Å²) in [6.45, 7) is 16.0. The van der Waals surface area contributed by atoms with Crippen molar-refractivity contribution >= 4 is 16.9 Å². The minimum Gasteiger partial charge on any atom is -0.442 e. The smallest absolute Gasteiger partial charge is 0.307 e. The highest BCUT2D eigenvalue weighted by Gasteiger charge is 2.27. The van der Waals surface area contributed by atoms with Crippen molar-refractivity contribution in [3.8, 4) is 0 Å². The molecule has 4 rings (SSSR count). The second kappa shape index (κ2) is 15.9. The maximum absolute atomic E-state index is 12.2. The Morgan fingerprint density at radius 2 is 1.80 bits per heavy atom. The Kier molecular flexibility index (Phi) is 12.3. The molecule has 0 amide bonds. The lowest BCUT2D eigenvalue weighted by atomic mass is 10.00. The van der Waals surface area contributed by atoms with E-state index in [1.54, 1.807) is 0 Å². The molecule has 8 heteroatoms. The number of nitrogens with zero attached hydrogens (tertiary/aromatic N) is 5. The average molecular weight is 555 g/mol. The SMILES string of the molecule is CCCCCCCC(=O)OCn1ncc2cc(C[C@H](CN3CCN(C4CCN(C)CC4)CC3)NCC)cc(C)c21. The highest BCUT2D eigenvalue weighted by molar-refractivity contribution is 5.82. The summed E-state index contributed by atoms with van der Waals surface area (Å²) in [5.41, 5.74) is 3.58. The van der Waals surface area contributed by atoms with Gasteiger partial charge in [-0.1, -0.05) is 45.6 Å². The molecule has 8 nitrogen and oxygen atoms in total. The Labute approximate surface area is 242 Å². The van der Waals surface area contributed by atoms with Crippen LogP contribution in [0.1, 0.15) is 76.3 Å². The number of unbranched alkanes of at least 4 members (excludes halogenated alkanes) is 4. The second-order valence-electron chi connectivity index (χ2n) is 12.1. The first kappa shape index (κ1) is 30.9. The number of likely N-dealkylation sites (tertiary alicyclic amines) is 1. The van der Waals surface area contributed by atoms with Gasteiger partial charge >= 0.3 is 5.97 Å². The van der Waals surface area contributed by atoms with E-state index in [9.17, 15) is 4.79 Å². The third-order valence-electron chi connectivity index (χ3n) is 8.88. The van der Waals surface area contributed by atoms with Crippen molar-refractivity contribution in [1.29, 1.82) is 0 Å². The normalized spacial score (nSPS) is 18.9. The second-order valence-corrected chi connectivity index (χ2v) is 12.1. The van der Waals surface area contributed by atoms with E-state index >= 15 is 0 Å². The fourth-order valence-electron chi connectivity index (χ4n) is 6.58. The highest BCUT2D eigenvalue weighted by atomic mass is 16.5. The number of likely N-dealkylation sites (N-methyl/N-ethyl adjacent to an activating group) is 1. The van der Waals surface area contributed by atoms with Crippen LogP contribution in [-0.2, 0) is 22.7 Å². The van der Waals surface area contributed by atoms with Crippen molar-refractivity contribution in [3.05, 3.63) is 29.5 Å². The van der Waals surface area contributed by atoms with E-state index in [1.807, 2.05) is 10.9 Å². The van der Waals surface area contributed by atoms with Gasteiger partial charge in [0, 0.05) is 56.6 Å². The summed E-state index contributed by atoms with van der Waals surface area (Å²) >= 11 is 0. The van der Waals surface area contributed by atoms with Gasteiger partial charge in [-0.15, -0.1) is 0 Å². The molecule has 1 aromatic carbocycles. The van der Waals surface area contributed by atoms with E-state index in [0.29, 0.717) is 12.5 Å². The molecule has 0 radical (unpaired) electrons. The number of fused-ring (bicyclic) bond motifs is 1. The minimum atomic E-state index is -0.130. The van der Waals surface area contributed by atoms with Crippen LogP contribution in [0.2, 0.25) is 0 Å². The topological polar surface area (TPSA) is 65.9 Å². The van der Waals surface area contributed by atoms with Gasteiger partial charge in [-0.2, -0.15) is 5.10 Å². The lowest BCUT2D eigenvalue weighted by molar-refractivity contribution is -0.147. The largest absolute Gasteiger partial charge is 0.442 e. The molecule has 0 bridgehead atoms. The molecule has 2 aliphatic rings. The van der Waals surface area contributed by atoms with Gasteiger partial charge in [0.15, 0.2) is 6.73 Å². The van der Waals surface area contributed by atoms with Crippen LogP contribution in [0.25, 0.3) is 10.9 Å². The summed E-state index contributed by atoms with van der Waals surface area (Å²) in [5, 5.41) is 9.43. The number of carbonyl (C=O) groups is 1. The number of ether oxygens (including phenoxy) is 1. The number of aryl methyl sites for hydroxylation is 1. The Bertz CT molecular complexity index is 1040. The molecule has 2 fully saturated rings. The van der Waals surface area contributed by atoms with Crippen molar-refractivity contribution in [2.75, 3.05) is 59.4 Å². The number of nitrogens with one attached hydrogen (secondary N) is 1. The molecule has 2 aromatic rings. The van der Waals surface area contributed by atoms with E-state index in [4.69, 9.17) is 4.74 Å². The molecule has 2 saturated heterocycles. The first-order chi connectivity index (χ1) is 19.5. The predicted molar refractivity (Wildman–Crippen MR) is 164 cm³/mol. The maximum atomic E-state index is 12.2. The van der Waals surface area contributed by atoms with Crippen molar-refractivity contribution in [2.45, 2.75) is 97.4 Å². The number of esters is 1. The van der Waals surface area contributed by atoms with Crippen LogP contribution in [0.4, 0.5) is 0 Å². The summed E-state index contributed by atoms with van der Waals surface area (Å²) in [7, 11) is 2.24. The molecule has 1 N–H and O–H groups in total. The number of piperazine rings is 1. The van der Waals surface area contributed by atoms with Crippen LogP contribution in [0.5, 0.6) is 0 Å². The number of hydrogen-bond acceptors (Lipinski definition) is 7. The lowest BCUT2D eigenvalue weighted by Crippen LogP contribution is -2.55. The Morgan fingerprint density at radius 1 is 1.05 bits per heavy atom. The zero-order valence-corrected chi connectivity index (χ0v) is 25.7. The monoisotopic (exact) mass is 554 g/mol. The van der Waals surface area contributed by atoms with Gasteiger partial charge in [-0.25, -0.2) is 4.68 Å². The molecule has 224 valence electrons. The molecule has 0 unspecified atom stereocenters. The van der Waals surface area contributed by atoms with Gasteiger partial charge < -0.3 is 15.0 Å². The van der Waals surface area contributed by atoms with Crippen LogP contribution in [0, 0.1) is 6.92 Å². The Morgan fingerprint density at radius 3 is 2.52 bits per heavy atom. The van der Waals surface area contributed by atoms with E-state index in [0.717, 1.165) is 62.4 Å². The Hall–Kier alpha value is -2.00. The molecule has 1 aromatic heterocycles. The van der Waals surface area contributed by atoms with Gasteiger partial charge in [0.05, 0.1) is 11.7 Å². The molecule has 40 heavy (non-hydrogen) atoms. The van der Waals surface area contributed by atoms with Gasteiger partial charge in [0.1, 0.15) is 0 Å².